The standard InChI is InChI=1S/C26H27N5O/c1-17-25(29-18(2)28-17)23-13-21(9-10-24(23)30-11-3-4-12-30)26(32)31-15-22(16-31)20-7-5-19(14-27)6-8-20/h5-10,13,22H,3-4,11-12,15-16H2,1-2H3,(H,28,29). The smallest absolute Gasteiger partial charge is 0.253 e. The predicted octanol–water partition coefficient (Wildman–Crippen LogP) is 4.41. The Morgan fingerprint density at radius 3 is 2.44 bits per heavy atom. The van der Waals surface area contributed by atoms with Gasteiger partial charge in [-0.3, -0.25) is 4.79 Å². The summed E-state index contributed by atoms with van der Waals surface area (Å²) in [6, 6.07) is 15.9. The molecule has 2 saturated heterocycles. The van der Waals surface area contributed by atoms with Gasteiger partial charge < -0.3 is 14.8 Å². The molecular weight excluding hydrogens is 398 g/mol. The number of aryl methyl sites for hydroxylation is 2. The van der Waals surface area contributed by atoms with Gasteiger partial charge in [-0.2, -0.15) is 5.26 Å². The molecule has 0 atom stereocenters. The summed E-state index contributed by atoms with van der Waals surface area (Å²) >= 11 is 0. The Morgan fingerprint density at radius 1 is 1.09 bits per heavy atom. The van der Waals surface area contributed by atoms with E-state index in [0.29, 0.717) is 30.1 Å². The van der Waals surface area contributed by atoms with Crippen LogP contribution in [-0.4, -0.2) is 47.0 Å². The minimum absolute atomic E-state index is 0.0639. The van der Waals surface area contributed by atoms with Crippen LogP contribution in [0.3, 0.4) is 0 Å². The number of carbonyl (C=O) groups excluding carboxylic acids is 1. The highest BCUT2D eigenvalue weighted by atomic mass is 16.2. The van der Waals surface area contributed by atoms with E-state index >= 15 is 0 Å². The molecule has 1 amide bonds. The van der Waals surface area contributed by atoms with Crippen LogP contribution in [0.25, 0.3) is 11.3 Å². The summed E-state index contributed by atoms with van der Waals surface area (Å²) in [6.07, 6.45) is 2.40. The fourth-order valence-electron chi connectivity index (χ4n) is 4.83. The van der Waals surface area contributed by atoms with Crippen molar-refractivity contribution in [2.24, 2.45) is 0 Å². The SMILES string of the molecule is Cc1nc(-c2cc(C(=O)N3CC(c4ccc(C#N)cc4)C3)ccc2N2CCCC2)c(C)[nH]1. The number of likely N-dealkylation sites (tertiary alicyclic amines) is 1. The number of anilines is 1. The molecule has 5 rings (SSSR count). The summed E-state index contributed by atoms with van der Waals surface area (Å²) in [5.74, 6) is 1.27. The van der Waals surface area contributed by atoms with Crippen molar-refractivity contribution in [1.82, 2.24) is 14.9 Å². The molecule has 162 valence electrons. The first-order chi connectivity index (χ1) is 15.5. The zero-order valence-corrected chi connectivity index (χ0v) is 18.6. The van der Waals surface area contributed by atoms with E-state index in [2.05, 4.69) is 22.0 Å². The van der Waals surface area contributed by atoms with Crippen LogP contribution in [0.2, 0.25) is 0 Å². The van der Waals surface area contributed by atoms with Crippen LogP contribution >= 0.6 is 0 Å². The Balaban J connectivity index is 1.39. The van der Waals surface area contributed by atoms with Gasteiger partial charge in [0.25, 0.3) is 5.91 Å². The van der Waals surface area contributed by atoms with E-state index in [9.17, 15) is 4.79 Å². The molecule has 3 aromatic rings. The van der Waals surface area contributed by atoms with Crippen LogP contribution in [0.4, 0.5) is 5.69 Å². The Hall–Kier alpha value is -3.59. The third kappa shape index (κ3) is 3.64. The van der Waals surface area contributed by atoms with Crippen molar-refractivity contribution in [2.75, 3.05) is 31.1 Å². The molecule has 6 nitrogen and oxygen atoms in total. The molecule has 2 fully saturated rings. The largest absolute Gasteiger partial charge is 0.371 e. The number of aromatic nitrogens is 2. The highest BCUT2D eigenvalue weighted by Gasteiger charge is 2.33. The summed E-state index contributed by atoms with van der Waals surface area (Å²) in [6.45, 7) is 7.49. The lowest BCUT2D eigenvalue weighted by Gasteiger charge is -2.39. The Morgan fingerprint density at radius 2 is 1.81 bits per heavy atom. The Labute approximate surface area is 188 Å². The maximum atomic E-state index is 13.3. The molecule has 0 unspecified atom stereocenters. The van der Waals surface area contributed by atoms with E-state index in [4.69, 9.17) is 10.2 Å². The van der Waals surface area contributed by atoms with Gasteiger partial charge in [-0.25, -0.2) is 4.98 Å². The van der Waals surface area contributed by atoms with Gasteiger partial charge in [-0.1, -0.05) is 12.1 Å². The van der Waals surface area contributed by atoms with E-state index in [-0.39, 0.29) is 5.91 Å². The topological polar surface area (TPSA) is 76.0 Å². The summed E-state index contributed by atoms with van der Waals surface area (Å²) in [7, 11) is 0. The number of imidazole rings is 1. The Bertz CT molecular complexity index is 1190. The first-order valence-electron chi connectivity index (χ1n) is 11.3. The molecule has 2 aromatic carbocycles. The molecule has 2 aliphatic heterocycles. The molecule has 6 heteroatoms. The first kappa shape index (κ1) is 20.3. The van der Waals surface area contributed by atoms with Crippen LogP contribution in [0.1, 0.15) is 51.8 Å². The molecule has 0 bridgehead atoms. The molecular formula is C26H27N5O. The summed E-state index contributed by atoms with van der Waals surface area (Å²) in [4.78, 5) is 25.6. The first-order valence-corrected chi connectivity index (χ1v) is 11.3. The molecule has 0 saturated carbocycles. The molecule has 1 aromatic heterocycles. The number of hydrogen-bond donors (Lipinski definition) is 1. The number of hydrogen-bond acceptors (Lipinski definition) is 4. The van der Waals surface area contributed by atoms with Crippen LogP contribution < -0.4 is 4.90 Å². The highest BCUT2D eigenvalue weighted by molar-refractivity contribution is 5.97. The summed E-state index contributed by atoms with van der Waals surface area (Å²) in [5, 5.41) is 8.98. The van der Waals surface area contributed by atoms with Gasteiger partial charge in [-0.15, -0.1) is 0 Å². The van der Waals surface area contributed by atoms with Crippen LogP contribution in [0.15, 0.2) is 42.5 Å². The minimum atomic E-state index is 0.0639. The number of rotatable bonds is 4. The van der Waals surface area contributed by atoms with Gasteiger partial charge in [0.1, 0.15) is 5.82 Å². The second kappa shape index (κ2) is 8.16. The molecule has 1 N–H and O–H groups in total. The number of nitriles is 1. The number of carbonyl (C=O) groups is 1. The quantitative estimate of drug-likeness (QED) is 0.672. The maximum absolute atomic E-state index is 13.3. The number of H-pyrrole nitrogens is 1. The summed E-state index contributed by atoms with van der Waals surface area (Å²) in [5.41, 5.74) is 6.70. The Kier molecular flexibility index (Phi) is 5.18. The number of nitrogens with one attached hydrogen (secondary N) is 1. The molecule has 2 aliphatic rings. The van der Waals surface area contributed by atoms with Crippen LogP contribution in [0.5, 0.6) is 0 Å². The number of nitrogens with zero attached hydrogens (tertiary/aromatic N) is 4. The second-order valence-electron chi connectivity index (χ2n) is 8.86. The maximum Gasteiger partial charge on any atom is 0.253 e. The zero-order valence-electron chi connectivity index (χ0n) is 18.6. The lowest BCUT2D eigenvalue weighted by atomic mass is 9.90. The second-order valence-corrected chi connectivity index (χ2v) is 8.86. The molecule has 32 heavy (non-hydrogen) atoms. The molecule has 0 spiro atoms. The zero-order chi connectivity index (χ0) is 22.2. The van der Waals surface area contributed by atoms with Gasteiger partial charge in [0.05, 0.1) is 17.3 Å². The van der Waals surface area contributed by atoms with Crippen molar-refractivity contribution in [2.45, 2.75) is 32.6 Å². The molecule has 3 heterocycles. The van der Waals surface area contributed by atoms with Crippen LogP contribution in [0, 0.1) is 25.2 Å². The van der Waals surface area contributed by atoms with E-state index in [1.807, 2.05) is 55.1 Å². The van der Waals surface area contributed by atoms with Crippen molar-refractivity contribution >= 4 is 11.6 Å². The van der Waals surface area contributed by atoms with E-state index in [1.54, 1.807) is 0 Å². The normalized spacial score (nSPS) is 16.2. The van der Waals surface area contributed by atoms with Gasteiger partial charge in [0.15, 0.2) is 0 Å². The molecule has 0 radical (unpaired) electrons. The van der Waals surface area contributed by atoms with Gasteiger partial charge in [0.2, 0.25) is 0 Å². The third-order valence-electron chi connectivity index (χ3n) is 6.63. The van der Waals surface area contributed by atoms with Crippen molar-refractivity contribution in [3.8, 4) is 17.3 Å². The lowest BCUT2D eigenvalue weighted by Crippen LogP contribution is -2.48. The van der Waals surface area contributed by atoms with E-state index in [0.717, 1.165) is 41.6 Å². The third-order valence-corrected chi connectivity index (χ3v) is 6.63. The fourth-order valence-corrected chi connectivity index (χ4v) is 4.83. The average Bonchev–Trinajstić information content (AvgIpc) is 3.42. The predicted molar refractivity (Wildman–Crippen MR) is 125 cm³/mol. The van der Waals surface area contributed by atoms with Crippen molar-refractivity contribution < 1.29 is 4.79 Å². The fraction of sp³-hybridized carbons (Fsp3) is 0.346. The number of amides is 1. The van der Waals surface area contributed by atoms with Gasteiger partial charge in [0, 0.05) is 54.6 Å². The van der Waals surface area contributed by atoms with E-state index < -0.39 is 0 Å². The van der Waals surface area contributed by atoms with Gasteiger partial charge >= 0.3 is 0 Å². The lowest BCUT2D eigenvalue weighted by molar-refractivity contribution is 0.0602. The van der Waals surface area contributed by atoms with Gasteiger partial charge in [-0.05, 0) is 62.6 Å². The average molecular weight is 426 g/mol. The minimum Gasteiger partial charge on any atom is -0.371 e. The van der Waals surface area contributed by atoms with E-state index in [1.165, 1.54) is 18.4 Å². The highest BCUT2D eigenvalue weighted by Crippen LogP contribution is 2.36. The van der Waals surface area contributed by atoms with Crippen molar-refractivity contribution in [1.29, 1.82) is 5.26 Å². The van der Waals surface area contributed by atoms with Crippen molar-refractivity contribution in [3.63, 3.8) is 0 Å². The van der Waals surface area contributed by atoms with Crippen LogP contribution in [-0.2, 0) is 0 Å². The van der Waals surface area contributed by atoms with Crippen molar-refractivity contribution in [3.05, 3.63) is 70.7 Å². The molecule has 0 aliphatic carbocycles. The monoisotopic (exact) mass is 425 g/mol. The number of benzene rings is 2. The number of aromatic amines is 1. The summed E-state index contributed by atoms with van der Waals surface area (Å²) < 4.78 is 0.